The lowest BCUT2D eigenvalue weighted by Gasteiger charge is -2.27. The minimum Gasteiger partial charge on any atom is -0.490 e. The molecule has 0 amide bonds. The molecule has 4 rings (SSSR count). The first-order chi connectivity index (χ1) is 15.7. The molecule has 1 aromatic carbocycles. The fraction of sp³-hybridized carbons (Fsp3) is 0.458. The standard InChI is InChI=1S/C24H28F2N4O3/c1-13(25)16-7-6-8-17(19(16)26)14(2)27-22-18-11-30(24(4)9-10-33-12-24)23(31)21(32-5)20(18)28-15(3)29-22/h6-8,11,13-14H,9-10,12H2,1-5H3,(H,27,28,29)/t13?,14-,24?/m1/s1. The quantitative estimate of drug-likeness (QED) is 0.582. The van der Waals surface area contributed by atoms with Gasteiger partial charge in [0.05, 0.1) is 30.7 Å². The minimum atomic E-state index is -1.42. The van der Waals surface area contributed by atoms with Crippen LogP contribution in [0.4, 0.5) is 14.6 Å². The van der Waals surface area contributed by atoms with E-state index in [0.717, 1.165) is 0 Å². The fourth-order valence-corrected chi connectivity index (χ4v) is 4.31. The van der Waals surface area contributed by atoms with Crippen LogP contribution in [0.15, 0.2) is 29.2 Å². The van der Waals surface area contributed by atoms with Crippen molar-refractivity contribution in [2.75, 3.05) is 25.6 Å². The van der Waals surface area contributed by atoms with E-state index < -0.39 is 23.6 Å². The van der Waals surface area contributed by atoms with Gasteiger partial charge in [-0.3, -0.25) is 4.79 Å². The smallest absolute Gasteiger partial charge is 0.295 e. The topological polar surface area (TPSA) is 78.3 Å². The number of halogens is 2. The molecule has 0 aliphatic carbocycles. The van der Waals surface area contributed by atoms with E-state index in [1.54, 1.807) is 36.7 Å². The summed E-state index contributed by atoms with van der Waals surface area (Å²) in [6.45, 7) is 7.69. The highest BCUT2D eigenvalue weighted by atomic mass is 19.1. The van der Waals surface area contributed by atoms with Gasteiger partial charge in [-0.2, -0.15) is 0 Å². The molecule has 176 valence electrons. The molecule has 1 fully saturated rings. The molecule has 2 unspecified atom stereocenters. The summed E-state index contributed by atoms with van der Waals surface area (Å²) in [7, 11) is 1.43. The molecule has 0 spiro atoms. The number of methoxy groups -OCH3 is 1. The van der Waals surface area contributed by atoms with Crippen LogP contribution in [-0.4, -0.2) is 34.9 Å². The summed E-state index contributed by atoms with van der Waals surface area (Å²) in [5, 5.41) is 3.80. The number of pyridine rings is 1. The monoisotopic (exact) mass is 458 g/mol. The maximum atomic E-state index is 15.0. The molecule has 0 bridgehead atoms. The van der Waals surface area contributed by atoms with Crippen LogP contribution < -0.4 is 15.6 Å². The SMILES string of the molecule is COc1c(=O)n(C2(C)CCOC2)cc2c(N[C@H](C)c3cccc(C(C)F)c3F)nc(C)nc12. The number of hydrogen-bond acceptors (Lipinski definition) is 6. The maximum absolute atomic E-state index is 15.0. The Labute approximate surface area is 190 Å². The third-order valence-electron chi connectivity index (χ3n) is 6.23. The molecule has 7 nitrogen and oxygen atoms in total. The van der Waals surface area contributed by atoms with E-state index in [1.165, 1.54) is 20.1 Å². The lowest BCUT2D eigenvalue weighted by atomic mass is 10.0. The van der Waals surface area contributed by atoms with Crippen LogP contribution in [0.2, 0.25) is 0 Å². The van der Waals surface area contributed by atoms with Gasteiger partial charge in [-0.15, -0.1) is 0 Å². The molecule has 1 aliphatic rings. The number of anilines is 1. The van der Waals surface area contributed by atoms with Crippen molar-refractivity contribution in [2.45, 2.75) is 51.9 Å². The zero-order valence-corrected chi connectivity index (χ0v) is 19.4. The Morgan fingerprint density at radius 2 is 2.00 bits per heavy atom. The molecule has 1 saturated heterocycles. The maximum Gasteiger partial charge on any atom is 0.295 e. The Balaban J connectivity index is 1.86. The number of rotatable bonds is 6. The van der Waals surface area contributed by atoms with Gasteiger partial charge in [-0.05, 0) is 34.1 Å². The third kappa shape index (κ3) is 4.06. The number of fused-ring (bicyclic) bond motifs is 1. The number of nitrogens with one attached hydrogen (secondary N) is 1. The van der Waals surface area contributed by atoms with Crippen LogP contribution >= 0.6 is 0 Å². The third-order valence-corrected chi connectivity index (χ3v) is 6.23. The molecule has 9 heteroatoms. The molecule has 2 aromatic heterocycles. The van der Waals surface area contributed by atoms with Crippen molar-refractivity contribution in [1.29, 1.82) is 0 Å². The Morgan fingerprint density at radius 3 is 2.64 bits per heavy atom. The number of alkyl halides is 1. The van der Waals surface area contributed by atoms with Gasteiger partial charge in [0.2, 0.25) is 5.75 Å². The van der Waals surface area contributed by atoms with Crippen molar-refractivity contribution in [3.05, 3.63) is 57.5 Å². The van der Waals surface area contributed by atoms with Gasteiger partial charge in [-0.25, -0.2) is 18.7 Å². The number of nitrogens with zero attached hydrogens (tertiary/aromatic N) is 3. The van der Waals surface area contributed by atoms with E-state index in [4.69, 9.17) is 9.47 Å². The van der Waals surface area contributed by atoms with Crippen LogP contribution in [0.25, 0.3) is 10.9 Å². The van der Waals surface area contributed by atoms with Gasteiger partial charge < -0.3 is 19.4 Å². The Kier molecular flexibility index (Phi) is 6.09. The van der Waals surface area contributed by atoms with Gasteiger partial charge in [0.25, 0.3) is 5.56 Å². The summed E-state index contributed by atoms with van der Waals surface area (Å²) in [6, 6.07) is 4.15. The van der Waals surface area contributed by atoms with E-state index in [-0.39, 0.29) is 16.9 Å². The van der Waals surface area contributed by atoms with Crippen LogP contribution in [0.3, 0.4) is 0 Å². The summed E-state index contributed by atoms with van der Waals surface area (Å²) < 4.78 is 41.4. The Hall–Kier alpha value is -3.07. The Morgan fingerprint density at radius 1 is 1.27 bits per heavy atom. The van der Waals surface area contributed by atoms with Crippen LogP contribution in [-0.2, 0) is 10.3 Å². The van der Waals surface area contributed by atoms with Gasteiger partial charge in [0.15, 0.2) is 0 Å². The van der Waals surface area contributed by atoms with Crippen molar-refractivity contribution in [3.8, 4) is 5.75 Å². The van der Waals surface area contributed by atoms with Crippen molar-refractivity contribution in [1.82, 2.24) is 14.5 Å². The molecule has 0 radical (unpaired) electrons. The van der Waals surface area contributed by atoms with E-state index in [2.05, 4.69) is 15.3 Å². The summed E-state index contributed by atoms with van der Waals surface area (Å²) >= 11 is 0. The second kappa shape index (κ2) is 8.70. The summed E-state index contributed by atoms with van der Waals surface area (Å²) in [6.07, 6.45) is 0.958. The lowest BCUT2D eigenvalue weighted by Crippen LogP contribution is -2.39. The molecule has 3 heterocycles. The van der Waals surface area contributed by atoms with Crippen molar-refractivity contribution in [3.63, 3.8) is 0 Å². The summed E-state index contributed by atoms with van der Waals surface area (Å²) in [5.74, 6) is 0.376. The highest BCUT2D eigenvalue weighted by molar-refractivity contribution is 5.92. The van der Waals surface area contributed by atoms with E-state index >= 15 is 0 Å². The second-order valence-corrected chi connectivity index (χ2v) is 8.75. The molecule has 0 saturated carbocycles. The predicted octanol–water partition coefficient (Wildman–Crippen LogP) is 4.59. The molecule has 1 N–H and O–H groups in total. The van der Waals surface area contributed by atoms with Crippen LogP contribution in [0.5, 0.6) is 5.75 Å². The number of aromatic nitrogens is 3. The first-order valence-electron chi connectivity index (χ1n) is 10.9. The fourth-order valence-electron chi connectivity index (χ4n) is 4.31. The molecule has 3 atom stereocenters. The number of hydrogen-bond donors (Lipinski definition) is 1. The normalized spacial score (nSPS) is 20.1. The first-order valence-corrected chi connectivity index (χ1v) is 10.9. The number of aryl methyl sites for hydroxylation is 1. The predicted molar refractivity (Wildman–Crippen MR) is 122 cm³/mol. The van der Waals surface area contributed by atoms with E-state index in [0.29, 0.717) is 47.7 Å². The van der Waals surface area contributed by atoms with Crippen LogP contribution in [0.1, 0.15) is 56.4 Å². The summed E-state index contributed by atoms with van der Waals surface area (Å²) in [4.78, 5) is 22.2. The van der Waals surface area contributed by atoms with Crippen molar-refractivity contribution in [2.24, 2.45) is 0 Å². The molecule has 33 heavy (non-hydrogen) atoms. The summed E-state index contributed by atoms with van der Waals surface area (Å²) in [5.41, 5.74) is -0.141. The van der Waals surface area contributed by atoms with Crippen molar-refractivity contribution >= 4 is 16.7 Å². The molecule has 3 aromatic rings. The largest absolute Gasteiger partial charge is 0.490 e. The molecular formula is C24H28F2N4O3. The first kappa shape index (κ1) is 23.1. The van der Waals surface area contributed by atoms with Gasteiger partial charge in [0.1, 0.15) is 29.1 Å². The average molecular weight is 459 g/mol. The lowest BCUT2D eigenvalue weighted by molar-refractivity contribution is 0.159. The molecular weight excluding hydrogens is 430 g/mol. The average Bonchev–Trinajstić information content (AvgIpc) is 3.20. The van der Waals surface area contributed by atoms with Crippen LogP contribution in [0, 0.1) is 12.7 Å². The number of ether oxygens (including phenoxy) is 2. The molecule has 1 aliphatic heterocycles. The minimum absolute atomic E-state index is 0.00884. The zero-order valence-electron chi connectivity index (χ0n) is 19.4. The second-order valence-electron chi connectivity index (χ2n) is 8.75. The number of benzene rings is 1. The van der Waals surface area contributed by atoms with Gasteiger partial charge in [0, 0.05) is 23.9 Å². The van der Waals surface area contributed by atoms with Gasteiger partial charge in [-0.1, -0.05) is 18.2 Å². The zero-order chi connectivity index (χ0) is 23.9. The highest BCUT2D eigenvalue weighted by Crippen LogP contribution is 2.33. The van der Waals surface area contributed by atoms with E-state index in [9.17, 15) is 13.6 Å². The Bertz CT molecular complexity index is 1250. The van der Waals surface area contributed by atoms with Crippen molar-refractivity contribution < 1.29 is 18.3 Å². The highest BCUT2D eigenvalue weighted by Gasteiger charge is 2.34. The van der Waals surface area contributed by atoms with Gasteiger partial charge >= 0.3 is 0 Å². The van der Waals surface area contributed by atoms with E-state index in [1.807, 2.05) is 6.92 Å².